The van der Waals surface area contributed by atoms with Crippen LogP contribution >= 0.6 is 11.6 Å². The summed E-state index contributed by atoms with van der Waals surface area (Å²) in [7, 11) is 0. The number of nitrogens with one attached hydrogen (secondary N) is 1. The Bertz CT molecular complexity index is 562. The van der Waals surface area contributed by atoms with E-state index in [9.17, 15) is 9.18 Å². The molecule has 0 aliphatic carbocycles. The summed E-state index contributed by atoms with van der Waals surface area (Å²) >= 11 is 5.80. The number of hydrogen-bond acceptors (Lipinski definition) is 1. The Morgan fingerprint density at radius 3 is 2.86 bits per heavy atom. The topological polar surface area (TPSA) is 32.9 Å². The Kier molecular flexibility index (Phi) is 2.04. The number of pyridine rings is 1. The fourth-order valence-electron chi connectivity index (χ4n) is 1.42. The molecule has 0 fully saturated rings. The summed E-state index contributed by atoms with van der Waals surface area (Å²) < 4.78 is 13.3. The molecule has 0 bridgehead atoms. The van der Waals surface area contributed by atoms with Crippen molar-refractivity contribution in [3.05, 3.63) is 45.0 Å². The molecule has 0 unspecified atom stereocenters. The van der Waals surface area contributed by atoms with Gasteiger partial charge in [-0.15, -0.1) is 0 Å². The number of H-pyrrole nitrogens is 1. The summed E-state index contributed by atoms with van der Waals surface area (Å²) in [6, 6.07) is 4.01. The molecule has 1 aromatic carbocycles. The van der Waals surface area contributed by atoms with Crippen LogP contribution in [-0.4, -0.2) is 4.98 Å². The second kappa shape index (κ2) is 3.10. The lowest BCUT2D eigenvalue weighted by Gasteiger charge is -2.02. The van der Waals surface area contributed by atoms with Crippen molar-refractivity contribution in [2.45, 2.75) is 6.92 Å². The van der Waals surface area contributed by atoms with Crippen molar-refractivity contribution in [1.82, 2.24) is 4.98 Å². The molecule has 0 amide bonds. The van der Waals surface area contributed by atoms with Crippen LogP contribution in [0.2, 0.25) is 5.02 Å². The second-order valence-electron chi connectivity index (χ2n) is 3.10. The molecule has 0 spiro atoms. The van der Waals surface area contributed by atoms with E-state index >= 15 is 0 Å². The minimum atomic E-state index is -0.467. The quantitative estimate of drug-likeness (QED) is 0.714. The van der Waals surface area contributed by atoms with Gasteiger partial charge in [-0.25, -0.2) is 4.39 Å². The summed E-state index contributed by atoms with van der Waals surface area (Å²) in [5, 5.41) is 0.472. The highest BCUT2D eigenvalue weighted by Gasteiger charge is 2.08. The predicted octanol–water partition coefficient (Wildman–Crippen LogP) is 2.63. The minimum Gasteiger partial charge on any atom is -0.356 e. The number of aromatic amines is 1. The van der Waals surface area contributed by atoms with Crippen molar-refractivity contribution in [2.24, 2.45) is 0 Å². The highest BCUT2D eigenvalue weighted by Crippen LogP contribution is 2.21. The van der Waals surface area contributed by atoms with Gasteiger partial charge in [-0.05, 0) is 19.1 Å². The molecule has 1 heterocycles. The van der Waals surface area contributed by atoms with Gasteiger partial charge in [0.25, 0.3) is 0 Å². The first-order valence-electron chi connectivity index (χ1n) is 4.07. The summed E-state index contributed by atoms with van der Waals surface area (Å²) in [6.07, 6.45) is 0. The molecule has 14 heavy (non-hydrogen) atoms. The largest absolute Gasteiger partial charge is 0.356 e. The average molecular weight is 212 g/mol. The van der Waals surface area contributed by atoms with Crippen molar-refractivity contribution in [1.29, 1.82) is 0 Å². The van der Waals surface area contributed by atoms with Gasteiger partial charge in [0.15, 0.2) is 5.43 Å². The normalized spacial score (nSPS) is 10.8. The highest BCUT2D eigenvalue weighted by molar-refractivity contribution is 6.35. The van der Waals surface area contributed by atoms with E-state index in [2.05, 4.69) is 4.98 Å². The maximum absolute atomic E-state index is 13.3. The van der Waals surface area contributed by atoms with Crippen LogP contribution in [0.15, 0.2) is 23.0 Å². The number of halogens is 2. The van der Waals surface area contributed by atoms with E-state index in [1.54, 1.807) is 6.92 Å². The molecule has 0 aliphatic rings. The van der Waals surface area contributed by atoms with E-state index in [-0.39, 0.29) is 21.4 Å². The van der Waals surface area contributed by atoms with Crippen LogP contribution in [0.3, 0.4) is 0 Å². The van der Waals surface area contributed by atoms with Crippen molar-refractivity contribution >= 4 is 22.5 Å². The lowest BCUT2D eigenvalue weighted by atomic mass is 10.2. The van der Waals surface area contributed by atoms with Crippen molar-refractivity contribution < 1.29 is 4.39 Å². The van der Waals surface area contributed by atoms with Crippen molar-refractivity contribution in [2.75, 3.05) is 0 Å². The van der Waals surface area contributed by atoms with Crippen LogP contribution in [0.25, 0.3) is 10.9 Å². The summed E-state index contributed by atoms with van der Waals surface area (Å²) in [4.78, 5) is 14.3. The zero-order valence-corrected chi connectivity index (χ0v) is 8.15. The Morgan fingerprint density at radius 1 is 1.43 bits per heavy atom. The molecule has 0 saturated carbocycles. The van der Waals surface area contributed by atoms with E-state index in [1.807, 2.05) is 0 Å². The van der Waals surface area contributed by atoms with E-state index < -0.39 is 5.82 Å². The molecular weight excluding hydrogens is 205 g/mol. The third-order valence-electron chi connectivity index (χ3n) is 2.02. The summed E-state index contributed by atoms with van der Waals surface area (Å²) in [6.45, 7) is 1.70. The molecule has 2 nitrogen and oxygen atoms in total. The first kappa shape index (κ1) is 9.21. The number of aromatic nitrogens is 1. The maximum Gasteiger partial charge on any atom is 0.191 e. The van der Waals surface area contributed by atoms with Crippen LogP contribution in [-0.2, 0) is 0 Å². The van der Waals surface area contributed by atoms with E-state index in [0.29, 0.717) is 5.69 Å². The van der Waals surface area contributed by atoms with Gasteiger partial charge in [0.2, 0.25) is 0 Å². The zero-order chi connectivity index (χ0) is 10.3. The second-order valence-corrected chi connectivity index (χ2v) is 3.50. The zero-order valence-electron chi connectivity index (χ0n) is 7.40. The standard InChI is InChI=1S/C10H7ClFNO/c1-5-4-8(14)9-6(11)2-3-7(12)10(9)13-5/h2-4H,1H3,(H,13,14). The third-order valence-corrected chi connectivity index (χ3v) is 2.33. The summed E-state index contributed by atoms with van der Waals surface area (Å²) in [5.41, 5.74) is 0.520. The van der Waals surface area contributed by atoms with Gasteiger partial charge in [0.05, 0.1) is 15.9 Å². The molecule has 72 valence electrons. The molecule has 0 atom stereocenters. The SMILES string of the molecule is Cc1cc(=O)c2c(Cl)ccc(F)c2[nH]1. The molecule has 2 rings (SSSR count). The molecular formula is C10H7ClFNO. The Morgan fingerprint density at radius 2 is 2.14 bits per heavy atom. The highest BCUT2D eigenvalue weighted by atomic mass is 35.5. The fourth-order valence-corrected chi connectivity index (χ4v) is 1.67. The lowest BCUT2D eigenvalue weighted by Crippen LogP contribution is -2.04. The first-order chi connectivity index (χ1) is 6.59. The Balaban J connectivity index is 3.08. The van der Waals surface area contributed by atoms with Crippen molar-refractivity contribution in [3.63, 3.8) is 0 Å². The van der Waals surface area contributed by atoms with E-state index in [4.69, 9.17) is 11.6 Å². The van der Waals surface area contributed by atoms with Crippen LogP contribution in [0.4, 0.5) is 4.39 Å². The Labute approximate surface area is 84.3 Å². The predicted molar refractivity (Wildman–Crippen MR) is 54.3 cm³/mol. The van der Waals surface area contributed by atoms with E-state index in [0.717, 1.165) is 0 Å². The molecule has 0 aliphatic heterocycles. The summed E-state index contributed by atoms with van der Waals surface area (Å²) in [5.74, 6) is -0.467. The molecule has 0 saturated heterocycles. The van der Waals surface area contributed by atoms with Gasteiger partial charge in [-0.3, -0.25) is 4.79 Å². The first-order valence-corrected chi connectivity index (χ1v) is 4.45. The monoisotopic (exact) mass is 211 g/mol. The van der Waals surface area contributed by atoms with Gasteiger partial charge < -0.3 is 4.98 Å². The van der Waals surface area contributed by atoms with Crippen LogP contribution in [0, 0.1) is 12.7 Å². The Hall–Kier alpha value is -1.35. The van der Waals surface area contributed by atoms with Crippen LogP contribution < -0.4 is 5.43 Å². The number of hydrogen-bond donors (Lipinski definition) is 1. The van der Waals surface area contributed by atoms with Gasteiger partial charge in [-0.2, -0.15) is 0 Å². The average Bonchev–Trinajstić information content (AvgIpc) is 2.10. The maximum atomic E-state index is 13.3. The van der Waals surface area contributed by atoms with E-state index in [1.165, 1.54) is 18.2 Å². The third kappa shape index (κ3) is 1.30. The van der Waals surface area contributed by atoms with Gasteiger partial charge in [0, 0.05) is 11.8 Å². The smallest absolute Gasteiger partial charge is 0.191 e. The number of aryl methyl sites for hydroxylation is 1. The van der Waals surface area contributed by atoms with Crippen LogP contribution in [0.5, 0.6) is 0 Å². The number of benzene rings is 1. The molecule has 2 aromatic rings. The minimum absolute atomic E-state index is 0.169. The molecule has 1 N–H and O–H groups in total. The lowest BCUT2D eigenvalue weighted by molar-refractivity contribution is 0.636. The van der Waals surface area contributed by atoms with Gasteiger partial charge >= 0.3 is 0 Å². The number of rotatable bonds is 0. The fraction of sp³-hybridized carbons (Fsp3) is 0.100. The van der Waals surface area contributed by atoms with Gasteiger partial charge in [-0.1, -0.05) is 11.6 Å². The van der Waals surface area contributed by atoms with Crippen molar-refractivity contribution in [3.8, 4) is 0 Å². The van der Waals surface area contributed by atoms with Gasteiger partial charge in [0.1, 0.15) is 5.82 Å². The molecule has 0 radical (unpaired) electrons. The molecule has 4 heteroatoms. The number of fused-ring (bicyclic) bond motifs is 1. The van der Waals surface area contributed by atoms with Crippen LogP contribution in [0.1, 0.15) is 5.69 Å². The molecule has 1 aromatic heterocycles.